The number of methoxy groups -OCH3 is 1. The number of hydrogen-bond acceptors (Lipinski definition) is 5. The summed E-state index contributed by atoms with van der Waals surface area (Å²) in [6.07, 6.45) is 1.38. The number of carbonyl (C=O) groups is 2. The van der Waals surface area contributed by atoms with Crippen molar-refractivity contribution in [1.29, 1.82) is 5.26 Å². The molecule has 0 spiro atoms. The highest BCUT2D eigenvalue weighted by Gasteiger charge is 2.15. The molecule has 0 saturated carbocycles. The van der Waals surface area contributed by atoms with Gasteiger partial charge in [0.25, 0.3) is 11.8 Å². The van der Waals surface area contributed by atoms with E-state index in [1.54, 1.807) is 12.1 Å². The Kier molecular flexibility index (Phi) is 5.37. The molecule has 0 aliphatic rings. The van der Waals surface area contributed by atoms with Gasteiger partial charge in [-0.3, -0.25) is 9.59 Å². The smallest absolute Gasteiger partial charge is 0.291 e. The fraction of sp³-hybridized carbons (Fsp3) is 0.0500. The van der Waals surface area contributed by atoms with Crippen molar-refractivity contribution < 1.29 is 23.1 Å². The van der Waals surface area contributed by atoms with Crippen molar-refractivity contribution in [3.8, 4) is 11.8 Å². The lowest BCUT2D eigenvalue weighted by Gasteiger charge is -2.12. The molecule has 3 aromatic rings. The zero-order valence-corrected chi connectivity index (χ0v) is 14.7. The minimum Gasteiger partial charge on any atom is -0.494 e. The summed E-state index contributed by atoms with van der Waals surface area (Å²) in [4.78, 5) is 24.4. The molecule has 0 unspecified atom stereocenters. The van der Waals surface area contributed by atoms with Crippen LogP contribution < -0.4 is 15.4 Å². The Morgan fingerprint density at radius 2 is 1.93 bits per heavy atom. The van der Waals surface area contributed by atoms with Crippen LogP contribution in [-0.2, 0) is 0 Å². The SMILES string of the molecule is COc1cc(NC(=O)c2ccc(C#N)cc2F)ccc1NC(=O)c1ccco1. The Morgan fingerprint density at radius 1 is 1.11 bits per heavy atom. The largest absolute Gasteiger partial charge is 0.494 e. The molecule has 0 saturated heterocycles. The maximum absolute atomic E-state index is 14.0. The number of nitrogens with one attached hydrogen (secondary N) is 2. The summed E-state index contributed by atoms with van der Waals surface area (Å²) in [7, 11) is 1.41. The Balaban J connectivity index is 1.77. The number of nitriles is 1. The third-order valence-corrected chi connectivity index (χ3v) is 3.80. The van der Waals surface area contributed by atoms with Gasteiger partial charge in [-0.1, -0.05) is 0 Å². The second-order valence-electron chi connectivity index (χ2n) is 5.61. The van der Waals surface area contributed by atoms with Gasteiger partial charge in [0.15, 0.2) is 5.76 Å². The monoisotopic (exact) mass is 379 g/mol. The lowest BCUT2D eigenvalue weighted by Crippen LogP contribution is -2.15. The van der Waals surface area contributed by atoms with Crippen LogP contribution in [0.15, 0.2) is 59.2 Å². The van der Waals surface area contributed by atoms with Gasteiger partial charge in [0, 0.05) is 11.8 Å². The lowest BCUT2D eigenvalue weighted by atomic mass is 10.1. The van der Waals surface area contributed by atoms with Crippen LogP contribution >= 0.6 is 0 Å². The van der Waals surface area contributed by atoms with E-state index in [-0.39, 0.29) is 22.6 Å². The maximum Gasteiger partial charge on any atom is 0.291 e. The first-order valence-electron chi connectivity index (χ1n) is 8.05. The maximum atomic E-state index is 14.0. The molecule has 0 aliphatic carbocycles. The molecule has 0 atom stereocenters. The topological polar surface area (TPSA) is 104 Å². The molecule has 7 nitrogen and oxygen atoms in total. The summed E-state index contributed by atoms with van der Waals surface area (Å²) < 4.78 is 24.3. The summed E-state index contributed by atoms with van der Waals surface area (Å²) in [5.74, 6) is -1.52. The number of hydrogen-bond donors (Lipinski definition) is 2. The van der Waals surface area contributed by atoms with Crippen LogP contribution in [0.1, 0.15) is 26.5 Å². The minimum atomic E-state index is -0.800. The Labute approximate surface area is 159 Å². The van der Waals surface area contributed by atoms with Crippen molar-refractivity contribution in [3.05, 3.63) is 77.5 Å². The van der Waals surface area contributed by atoms with Crippen LogP contribution in [0.5, 0.6) is 5.75 Å². The van der Waals surface area contributed by atoms with Crippen molar-refractivity contribution in [3.63, 3.8) is 0 Å². The molecule has 8 heteroatoms. The molecule has 140 valence electrons. The fourth-order valence-corrected chi connectivity index (χ4v) is 2.43. The summed E-state index contributed by atoms with van der Waals surface area (Å²) in [6, 6.07) is 13.0. The van der Waals surface area contributed by atoms with Gasteiger partial charge in [0.05, 0.1) is 36.3 Å². The summed E-state index contributed by atoms with van der Waals surface area (Å²) in [6.45, 7) is 0. The first-order chi connectivity index (χ1) is 13.5. The molecule has 2 N–H and O–H groups in total. The van der Waals surface area contributed by atoms with Gasteiger partial charge in [0.1, 0.15) is 11.6 Å². The predicted molar refractivity (Wildman–Crippen MR) is 98.7 cm³/mol. The van der Waals surface area contributed by atoms with E-state index in [4.69, 9.17) is 14.4 Å². The standard InChI is InChI=1S/C20H14FN3O4/c1-27-18-10-13(5-7-16(18)24-20(26)17-3-2-8-28-17)23-19(25)14-6-4-12(11-22)9-15(14)21/h2-10H,1H3,(H,23,25)(H,24,26). The summed E-state index contributed by atoms with van der Waals surface area (Å²) in [5.41, 5.74) is 0.619. The zero-order valence-electron chi connectivity index (χ0n) is 14.7. The van der Waals surface area contributed by atoms with Gasteiger partial charge in [-0.05, 0) is 42.5 Å². The van der Waals surface area contributed by atoms with E-state index < -0.39 is 17.6 Å². The van der Waals surface area contributed by atoms with Crippen LogP contribution in [0.2, 0.25) is 0 Å². The molecule has 2 amide bonds. The number of nitrogens with zero attached hydrogens (tertiary/aromatic N) is 1. The summed E-state index contributed by atoms with van der Waals surface area (Å²) >= 11 is 0. The quantitative estimate of drug-likeness (QED) is 0.702. The fourth-order valence-electron chi connectivity index (χ4n) is 2.43. The van der Waals surface area contributed by atoms with Crippen molar-refractivity contribution >= 4 is 23.2 Å². The van der Waals surface area contributed by atoms with Gasteiger partial charge < -0.3 is 19.8 Å². The number of halogens is 1. The van der Waals surface area contributed by atoms with Crippen LogP contribution in [0.25, 0.3) is 0 Å². The normalized spacial score (nSPS) is 10.0. The number of amides is 2. The van der Waals surface area contributed by atoms with Crippen molar-refractivity contribution in [2.45, 2.75) is 0 Å². The van der Waals surface area contributed by atoms with Crippen LogP contribution in [0.4, 0.5) is 15.8 Å². The van der Waals surface area contributed by atoms with E-state index in [1.807, 2.05) is 0 Å². The van der Waals surface area contributed by atoms with E-state index >= 15 is 0 Å². The Bertz CT molecular complexity index is 1070. The predicted octanol–water partition coefficient (Wildman–Crippen LogP) is 3.80. The minimum absolute atomic E-state index is 0.118. The van der Waals surface area contributed by atoms with E-state index in [0.717, 1.165) is 6.07 Å². The van der Waals surface area contributed by atoms with Crippen molar-refractivity contribution in [2.24, 2.45) is 0 Å². The van der Waals surface area contributed by atoms with Gasteiger partial charge in [-0.25, -0.2) is 4.39 Å². The number of benzene rings is 2. The van der Waals surface area contributed by atoms with E-state index in [1.165, 1.54) is 49.8 Å². The van der Waals surface area contributed by atoms with Gasteiger partial charge >= 0.3 is 0 Å². The molecular weight excluding hydrogens is 365 g/mol. The highest BCUT2D eigenvalue weighted by molar-refractivity contribution is 6.05. The average Bonchev–Trinajstić information content (AvgIpc) is 3.23. The molecule has 3 rings (SSSR count). The molecular formula is C20H14FN3O4. The molecule has 1 aromatic heterocycles. The molecule has 0 bridgehead atoms. The third-order valence-electron chi connectivity index (χ3n) is 3.80. The highest BCUT2D eigenvalue weighted by Crippen LogP contribution is 2.29. The first kappa shape index (κ1) is 18.7. The van der Waals surface area contributed by atoms with Crippen molar-refractivity contribution in [1.82, 2.24) is 0 Å². The summed E-state index contributed by atoms with van der Waals surface area (Å²) in [5, 5.41) is 13.9. The number of furan rings is 1. The van der Waals surface area contributed by atoms with E-state index in [9.17, 15) is 14.0 Å². The second kappa shape index (κ2) is 8.05. The zero-order chi connectivity index (χ0) is 20.1. The van der Waals surface area contributed by atoms with Crippen LogP contribution in [0.3, 0.4) is 0 Å². The molecule has 28 heavy (non-hydrogen) atoms. The first-order valence-corrected chi connectivity index (χ1v) is 8.05. The number of ether oxygens (including phenoxy) is 1. The average molecular weight is 379 g/mol. The molecule has 0 fully saturated rings. The van der Waals surface area contributed by atoms with Gasteiger partial charge in [-0.2, -0.15) is 5.26 Å². The van der Waals surface area contributed by atoms with Gasteiger partial charge in [-0.15, -0.1) is 0 Å². The van der Waals surface area contributed by atoms with Crippen molar-refractivity contribution in [2.75, 3.05) is 17.7 Å². The van der Waals surface area contributed by atoms with Crippen LogP contribution in [-0.4, -0.2) is 18.9 Å². The van der Waals surface area contributed by atoms with Gasteiger partial charge in [0.2, 0.25) is 0 Å². The lowest BCUT2D eigenvalue weighted by molar-refractivity contribution is 0.0993. The molecule has 2 aromatic carbocycles. The van der Waals surface area contributed by atoms with E-state index in [2.05, 4.69) is 10.6 Å². The number of carbonyl (C=O) groups excluding carboxylic acids is 2. The van der Waals surface area contributed by atoms with E-state index in [0.29, 0.717) is 11.4 Å². The number of anilines is 2. The number of rotatable bonds is 5. The second-order valence-corrected chi connectivity index (χ2v) is 5.61. The molecule has 0 aliphatic heterocycles. The van der Waals surface area contributed by atoms with Crippen LogP contribution in [0, 0.1) is 17.1 Å². The Hall–Kier alpha value is -4.12. The highest BCUT2D eigenvalue weighted by atomic mass is 19.1. The Morgan fingerprint density at radius 3 is 2.57 bits per heavy atom. The molecule has 1 heterocycles. The molecule has 0 radical (unpaired) electrons. The third kappa shape index (κ3) is 3.99.